The summed E-state index contributed by atoms with van der Waals surface area (Å²) < 4.78 is 5.21. The van der Waals surface area contributed by atoms with E-state index in [1.54, 1.807) is 0 Å². The van der Waals surface area contributed by atoms with E-state index in [2.05, 4.69) is 10.6 Å². The molecule has 1 fully saturated rings. The van der Waals surface area contributed by atoms with Crippen LogP contribution in [0, 0.1) is 0 Å². The number of amides is 1. The molecule has 0 unspecified atom stereocenters. The van der Waals surface area contributed by atoms with Gasteiger partial charge in [0.15, 0.2) is 0 Å². The van der Waals surface area contributed by atoms with Crippen LogP contribution in [-0.4, -0.2) is 36.9 Å². The van der Waals surface area contributed by atoms with Crippen LogP contribution in [-0.2, 0) is 4.74 Å². The van der Waals surface area contributed by atoms with Crippen molar-refractivity contribution in [3.63, 3.8) is 0 Å². The van der Waals surface area contributed by atoms with Crippen LogP contribution in [0.3, 0.4) is 0 Å². The molecule has 1 amide bonds. The second kappa shape index (κ2) is 6.95. The van der Waals surface area contributed by atoms with Gasteiger partial charge in [-0.25, -0.2) is 4.79 Å². The molecule has 1 aliphatic carbocycles. The second-order valence-electron chi connectivity index (χ2n) is 5.96. The van der Waals surface area contributed by atoms with E-state index in [0.29, 0.717) is 6.04 Å². The first-order valence-electron chi connectivity index (χ1n) is 6.83. The summed E-state index contributed by atoms with van der Waals surface area (Å²) in [7, 11) is 0. The number of alkyl carbamates (subject to hydrolysis) is 1. The molecule has 5 heteroatoms. The summed E-state index contributed by atoms with van der Waals surface area (Å²) in [6, 6.07) is 0.787. The number of rotatable bonds is 6. The van der Waals surface area contributed by atoms with Crippen LogP contribution in [0.2, 0.25) is 0 Å². The van der Waals surface area contributed by atoms with Crippen molar-refractivity contribution in [1.82, 2.24) is 10.6 Å². The maximum absolute atomic E-state index is 11.5. The lowest BCUT2D eigenvalue weighted by atomic mass is 9.87. The molecule has 5 nitrogen and oxygen atoms in total. The summed E-state index contributed by atoms with van der Waals surface area (Å²) in [5.74, 6) is 0. The van der Waals surface area contributed by atoms with E-state index in [0.717, 1.165) is 38.8 Å². The summed E-state index contributed by atoms with van der Waals surface area (Å²) in [6.45, 7) is 7.38. The maximum atomic E-state index is 11.5. The summed E-state index contributed by atoms with van der Waals surface area (Å²) in [5.41, 5.74) is 5.01. The Labute approximate surface area is 110 Å². The molecule has 0 aromatic carbocycles. The predicted octanol–water partition coefficient (Wildman–Crippen LogP) is 1.37. The van der Waals surface area contributed by atoms with Gasteiger partial charge in [-0.05, 0) is 59.5 Å². The Morgan fingerprint density at radius 1 is 1.28 bits per heavy atom. The van der Waals surface area contributed by atoms with Gasteiger partial charge in [0, 0.05) is 12.1 Å². The predicted molar refractivity (Wildman–Crippen MR) is 72.5 cm³/mol. The minimum absolute atomic E-state index is 0.256. The van der Waals surface area contributed by atoms with E-state index >= 15 is 0 Å². The molecule has 0 aromatic heterocycles. The third-order valence-corrected chi connectivity index (χ3v) is 2.92. The smallest absolute Gasteiger partial charge is 0.407 e. The molecule has 0 bridgehead atoms. The average molecular weight is 257 g/mol. The average Bonchev–Trinajstić information content (AvgIpc) is 2.17. The molecule has 0 saturated heterocycles. The topological polar surface area (TPSA) is 76.4 Å². The van der Waals surface area contributed by atoms with Gasteiger partial charge in [-0.2, -0.15) is 0 Å². The van der Waals surface area contributed by atoms with Gasteiger partial charge < -0.3 is 21.1 Å². The highest BCUT2D eigenvalue weighted by molar-refractivity contribution is 5.68. The van der Waals surface area contributed by atoms with Gasteiger partial charge in [0.25, 0.3) is 0 Å². The first-order valence-corrected chi connectivity index (χ1v) is 6.83. The van der Waals surface area contributed by atoms with Crippen molar-refractivity contribution >= 4 is 6.09 Å². The van der Waals surface area contributed by atoms with E-state index in [9.17, 15) is 4.79 Å². The molecule has 0 heterocycles. The van der Waals surface area contributed by atoms with Crippen molar-refractivity contribution in [2.45, 2.75) is 64.1 Å². The number of nitrogens with two attached hydrogens (primary N) is 1. The SMILES string of the molecule is CC(C)(C)OC(=O)NC1CC(NCCCCN)C1. The van der Waals surface area contributed by atoms with Crippen molar-refractivity contribution in [2.24, 2.45) is 5.73 Å². The number of ether oxygens (including phenoxy) is 1. The highest BCUT2D eigenvalue weighted by Gasteiger charge is 2.30. The van der Waals surface area contributed by atoms with Gasteiger partial charge >= 0.3 is 6.09 Å². The van der Waals surface area contributed by atoms with E-state index in [1.807, 2.05) is 20.8 Å². The Kier molecular flexibility index (Phi) is 5.88. The Morgan fingerprint density at radius 2 is 1.94 bits per heavy atom. The molecule has 0 spiro atoms. The van der Waals surface area contributed by atoms with Crippen molar-refractivity contribution in [3.8, 4) is 0 Å². The lowest BCUT2D eigenvalue weighted by Crippen LogP contribution is -2.53. The van der Waals surface area contributed by atoms with Crippen LogP contribution in [0.15, 0.2) is 0 Å². The molecule has 0 aromatic rings. The zero-order chi connectivity index (χ0) is 13.6. The number of carbonyl (C=O) groups excluding carboxylic acids is 1. The lowest BCUT2D eigenvalue weighted by molar-refractivity contribution is 0.0465. The maximum Gasteiger partial charge on any atom is 0.407 e. The molecule has 18 heavy (non-hydrogen) atoms. The van der Waals surface area contributed by atoms with Crippen LogP contribution in [0.5, 0.6) is 0 Å². The number of nitrogens with one attached hydrogen (secondary N) is 2. The summed E-state index contributed by atoms with van der Waals surface area (Å²) in [6.07, 6.45) is 3.86. The summed E-state index contributed by atoms with van der Waals surface area (Å²) >= 11 is 0. The lowest BCUT2D eigenvalue weighted by Gasteiger charge is -2.36. The van der Waals surface area contributed by atoms with Crippen LogP contribution >= 0.6 is 0 Å². The van der Waals surface area contributed by atoms with Crippen molar-refractivity contribution < 1.29 is 9.53 Å². The minimum Gasteiger partial charge on any atom is -0.444 e. The normalized spacial score (nSPS) is 23.3. The molecular weight excluding hydrogens is 230 g/mol. The van der Waals surface area contributed by atoms with Crippen molar-refractivity contribution in [1.29, 1.82) is 0 Å². The molecule has 0 aliphatic heterocycles. The van der Waals surface area contributed by atoms with Crippen molar-refractivity contribution in [2.75, 3.05) is 13.1 Å². The van der Waals surface area contributed by atoms with E-state index < -0.39 is 5.60 Å². The number of hydrogen-bond donors (Lipinski definition) is 3. The number of carbonyl (C=O) groups is 1. The number of hydrogen-bond acceptors (Lipinski definition) is 4. The fraction of sp³-hybridized carbons (Fsp3) is 0.923. The molecule has 0 atom stereocenters. The second-order valence-corrected chi connectivity index (χ2v) is 5.96. The Balaban J connectivity index is 2.03. The summed E-state index contributed by atoms with van der Waals surface area (Å²) in [5, 5.41) is 6.34. The Morgan fingerprint density at radius 3 is 2.50 bits per heavy atom. The van der Waals surface area contributed by atoms with Crippen LogP contribution < -0.4 is 16.4 Å². The molecule has 1 rings (SSSR count). The Hall–Kier alpha value is -0.810. The van der Waals surface area contributed by atoms with E-state index in [-0.39, 0.29) is 12.1 Å². The van der Waals surface area contributed by atoms with E-state index in [1.165, 1.54) is 0 Å². The first kappa shape index (κ1) is 15.2. The fourth-order valence-electron chi connectivity index (χ4n) is 1.95. The number of unbranched alkanes of at least 4 members (excludes halogenated alkanes) is 1. The summed E-state index contributed by atoms with van der Waals surface area (Å²) in [4.78, 5) is 11.5. The third-order valence-electron chi connectivity index (χ3n) is 2.92. The van der Waals surface area contributed by atoms with Crippen LogP contribution in [0.4, 0.5) is 4.79 Å². The first-order chi connectivity index (χ1) is 8.40. The third kappa shape index (κ3) is 6.21. The molecule has 0 radical (unpaired) electrons. The minimum atomic E-state index is -0.423. The zero-order valence-electron chi connectivity index (χ0n) is 11.8. The molecule has 106 valence electrons. The fourth-order valence-corrected chi connectivity index (χ4v) is 1.95. The van der Waals surface area contributed by atoms with Gasteiger partial charge in [0.2, 0.25) is 0 Å². The van der Waals surface area contributed by atoms with Gasteiger partial charge in [-0.15, -0.1) is 0 Å². The monoisotopic (exact) mass is 257 g/mol. The van der Waals surface area contributed by atoms with E-state index in [4.69, 9.17) is 10.5 Å². The standard InChI is InChI=1S/C13H27N3O2/c1-13(2,3)18-12(17)16-11-8-10(9-11)15-7-5-4-6-14/h10-11,15H,4-9,14H2,1-3H3,(H,16,17). The molecule has 4 N–H and O–H groups in total. The Bertz CT molecular complexity index is 257. The highest BCUT2D eigenvalue weighted by atomic mass is 16.6. The van der Waals surface area contributed by atoms with Crippen molar-refractivity contribution in [3.05, 3.63) is 0 Å². The van der Waals surface area contributed by atoms with Crippen LogP contribution in [0.25, 0.3) is 0 Å². The molecular formula is C13H27N3O2. The highest BCUT2D eigenvalue weighted by Crippen LogP contribution is 2.20. The van der Waals surface area contributed by atoms with Gasteiger partial charge in [-0.1, -0.05) is 0 Å². The molecule has 1 saturated carbocycles. The molecule has 1 aliphatic rings. The van der Waals surface area contributed by atoms with Crippen LogP contribution in [0.1, 0.15) is 46.5 Å². The quantitative estimate of drug-likeness (QED) is 0.628. The zero-order valence-corrected chi connectivity index (χ0v) is 11.8. The van der Waals surface area contributed by atoms with Gasteiger partial charge in [-0.3, -0.25) is 0 Å². The van der Waals surface area contributed by atoms with Gasteiger partial charge in [0.1, 0.15) is 5.60 Å². The van der Waals surface area contributed by atoms with Gasteiger partial charge in [0.05, 0.1) is 0 Å². The largest absolute Gasteiger partial charge is 0.444 e.